The van der Waals surface area contributed by atoms with Crippen LogP contribution in [0.4, 0.5) is 4.39 Å². The molecule has 3 rings (SSSR count). The highest BCUT2D eigenvalue weighted by Gasteiger charge is 2.18. The van der Waals surface area contributed by atoms with Crippen molar-refractivity contribution in [2.75, 3.05) is 0 Å². The lowest BCUT2D eigenvalue weighted by Gasteiger charge is -2.21. The Morgan fingerprint density at radius 2 is 1.71 bits per heavy atom. The number of rotatable bonds is 1. The third-order valence-corrected chi connectivity index (χ3v) is 2.84. The van der Waals surface area contributed by atoms with E-state index < -0.39 is 0 Å². The highest BCUT2D eigenvalue weighted by molar-refractivity contribution is 5.60. The summed E-state index contributed by atoms with van der Waals surface area (Å²) in [7, 11) is 0. The first-order valence-electron chi connectivity index (χ1n) is 5.53. The van der Waals surface area contributed by atoms with Crippen LogP contribution in [0.3, 0.4) is 0 Å². The summed E-state index contributed by atoms with van der Waals surface area (Å²) in [6.07, 6.45) is 3.50. The molecule has 0 aromatic heterocycles. The van der Waals surface area contributed by atoms with Crippen molar-refractivity contribution in [3.05, 3.63) is 71.6 Å². The average molecular weight is 226 g/mol. The second kappa shape index (κ2) is 4.06. The van der Waals surface area contributed by atoms with Gasteiger partial charge in [0.05, 0.1) is 0 Å². The van der Waals surface area contributed by atoms with Crippen LogP contribution >= 0.6 is 0 Å². The van der Waals surface area contributed by atoms with Gasteiger partial charge in [-0.2, -0.15) is 0 Å². The molecule has 0 unspecified atom stereocenters. The predicted molar refractivity (Wildman–Crippen MR) is 65.2 cm³/mol. The molecular formula is C15H11FO. The first-order valence-corrected chi connectivity index (χ1v) is 5.53. The Morgan fingerprint density at radius 3 is 2.59 bits per heavy atom. The van der Waals surface area contributed by atoms with Gasteiger partial charge in [0.15, 0.2) is 0 Å². The quantitative estimate of drug-likeness (QED) is 0.714. The molecule has 0 amide bonds. The summed E-state index contributed by atoms with van der Waals surface area (Å²) < 4.78 is 19.4. The van der Waals surface area contributed by atoms with E-state index in [-0.39, 0.29) is 11.9 Å². The van der Waals surface area contributed by atoms with Crippen molar-refractivity contribution in [1.29, 1.82) is 0 Å². The van der Waals surface area contributed by atoms with Gasteiger partial charge >= 0.3 is 0 Å². The molecule has 0 saturated carbocycles. The topological polar surface area (TPSA) is 9.23 Å². The van der Waals surface area contributed by atoms with Crippen LogP contribution in [0.25, 0.3) is 6.08 Å². The molecule has 0 fully saturated rings. The van der Waals surface area contributed by atoms with Crippen LogP contribution in [-0.2, 0) is 0 Å². The Labute approximate surface area is 99.2 Å². The Balaban J connectivity index is 1.98. The van der Waals surface area contributed by atoms with Crippen molar-refractivity contribution in [3.8, 4) is 5.75 Å². The number of fused-ring (bicyclic) bond motifs is 1. The average Bonchev–Trinajstić information content (AvgIpc) is 2.39. The fourth-order valence-electron chi connectivity index (χ4n) is 1.97. The molecule has 1 nitrogen and oxygen atoms in total. The van der Waals surface area contributed by atoms with Gasteiger partial charge in [-0.3, -0.25) is 0 Å². The summed E-state index contributed by atoms with van der Waals surface area (Å²) >= 11 is 0. The Kier molecular flexibility index (Phi) is 2.41. The molecule has 1 aliphatic rings. The Morgan fingerprint density at radius 1 is 0.941 bits per heavy atom. The SMILES string of the molecule is Fc1ccccc1[C@H]1C=Cc2ccccc2O1. The van der Waals surface area contributed by atoms with Gasteiger partial charge in [0, 0.05) is 11.1 Å². The van der Waals surface area contributed by atoms with E-state index in [2.05, 4.69) is 0 Å². The molecule has 1 atom stereocenters. The fourth-order valence-corrected chi connectivity index (χ4v) is 1.97. The minimum Gasteiger partial charge on any atom is -0.481 e. The van der Waals surface area contributed by atoms with E-state index in [1.54, 1.807) is 12.1 Å². The van der Waals surface area contributed by atoms with Gasteiger partial charge in [-0.1, -0.05) is 42.5 Å². The van der Waals surface area contributed by atoms with Crippen molar-refractivity contribution >= 4 is 6.08 Å². The largest absolute Gasteiger partial charge is 0.481 e. The zero-order chi connectivity index (χ0) is 11.7. The number of hydrogen-bond donors (Lipinski definition) is 0. The van der Waals surface area contributed by atoms with Crippen LogP contribution in [0.1, 0.15) is 17.2 Å². The maximum atomic E-state index is 13.6. The van der Waals surface area contributed by atoms with Gasteiger partial charge in [-0.15, -0.1) is 0 Å². The normalized spacial score (nSPS) is 17.4. The van der Waals surface area contributed by atoms with E-state index in [1.807, 2.05) is 42.5 Å². The fraction of sp³-hybridized carbons (Fsp3) is 0.0667. The molecule has 0 saturated heterocycles. The molecule has 0 aliphatic carbocycles. The number of hydrogen-bond acceptors (Lipinski definition) is 1. The lowest BCUT2D eigenvalue weighted by Crippen LogP contribution is -2.10. The lowest BCUT2D eigenvalue weighted by atomic mass is 10.0. The molecule has 2 aromatic rings. The van der Waals surface area contributed by atoms with Gasteiger partial charge in [-0.25, -0.2) is 4.39 Å². The van der Waals surface area contributed by atoms with Gasteiger partial charge in [0.2, 0.25) is 0 Å². The van der Waals surface area contributed by atoms with E-state index in [0.717, 1.165) is 11.3 Å². The van der Waals surface area contributed by atoms with Crippen LogP contribution in [0, 0.1) is 5.82 Å². The lowest BCUT2D eigenvalue weighted by molar-refractivity contribution is 0.246. The van der Waals surface area contributed by atoms with E-state index >= 15 is 0 Å². The molecule has 0 N–H and O–H groups in total. The van der Waals surface area contributed by atoms with E-state index in [1.165, 1.54) is 6.07 Å². The second-order valence-electron chi connectivity index (χ2n) is 3.96. The van der Waals surface area contributed by atoms with Crippen molar-refractivity contribution < 1.29 is 9.13 Å². The molecule has 17 heavy (non-hydrogen) atoms. The minimum absolute atomic E-state index is 0.235. The van der Waals surface area contributed by atoms with Crippen molar-refractivity contribution in [2.45, 2.75) is 6.10 Å². The van der Waals surface area contributed by atoms with Crippen molar-refractivity contribution in [2.24, 2.45) is 0 Å². The van der Waals surface area contributed by atoms with Crippen LogP contribution in [-0.4, -0.2) is 0 Å². The highest BCUT2D eigenvalue weighted by atomic mass is 19.1. The summed E-state index contributed by atoms with van der Waals surface area (Å²) in [6.45, 7) is 0. The van der Waals surface area contributed by atoms with Crippen LogP contribution < -0.4 is 4.74 Å². The second-order valence-corrected chi connectivity index (χ2v) is 3.96. The molecule has 0 bridgehead atoms. The van der Waals surface area contributed by atoms with Gasteiger partial charge in [0.25, 0.3) is 0 Å². The smallest absolute Gasteiger partial charge is 0.145 e. The molecule has 0 radical (unpaired) electrons. The molecule has 84 valence electrons. The van der Waals surface area contributed by atoms with Crippen molar-refractivity contribution in [3.63, 3.8) is 0 Å². The maximum Gasteiger partial charge on any atom is 0.145 e. The maximum absolute atomic E-state index is 13.6. The third kappa shape index (κ3) is 1.82. The first kappa shape index (κ1) is 10.1. The standard InChI is InChI=1S/C15H11FO/c16-13-7-3-2-6-12(13)15-10-9-11-5-1-4-8-14(11)17-15/h1-10,15H/t15-/m1/s1. The Hall–Kier alpha value is -2.09. The number of benzene rings is 2. The summed E-state index contributed by atoms with van der Waals surface area (Å²) in [5, 5.41) is 0. The summed E-state index contributed by atoms with van der Waals surface area (Å²) in [6, 6.07) is 14.4. The van der Waals surface area contributed by atoms with Crippen LogP contribution in [0.2, 0.25) is 0 Å². The van der Waals surface area contributed by atoms with E-state index in [0.29, 0.717) is 5.56 Å². The molecule has 1 aliphatic heterocycles. The molecule has 1 heterocycles. The van der Waals surface area contributed by atoms with Crippen molar-refractivity contribution in [1.82, 2.24) is 0 Å². The zero-order valence-electron chi connectivity index (χ0n) is 9.14. The predicted octanol–water partition coefficient (Wildman–Crippen LogP) is 3.97. The zero-order valence-corrected chi connectivity index (χ0v) is 9.14. The first-order chi connectivity index (χ1) is 8.34. The third-order valence-electron chi connectivity index (χ3n) is 2.84. The van der Waals surface area contributed by atoms with E-state index in [9.17, 15) is 4.39 Å². The number of ether oxygens (including phenoxy) is 1. The summed E-state index contributed by atoms with van der Waals surface area (Å²) in [4.78, 5) is 0. The molecular weight excluding hydrogens is 215 g/mol. The van der Waals surface area contributed by atoms with Crippen LogP contribution in [0.15, 0.2) is 54.6 Å². The monoisotopic (exact) mass is 226 g/mol. The molecule has 2 aromatic carbocycles. The summed E-state index contributed by atoms with van der Waals surface area (Å²) in [5.74, 6) is 0.560. The van der Waals surface area contributed by atoms with Crippen LogP contribution in [0.5, 0.6) is 5.75 Å². The highest BCUT2D eigenvalue weighted by Crippen LogP contribution is 2.32. The van der Waals surface area contributed by atoms with Gasteiger partial charge in [0.1, 0.15) is 17.7 Å². The van der Waals surface area contributed by atoms with Gasteiger partial charge < -0.3 is 4.74 Å². The summed E-state index contributed by atoms with van der Waals surface area (Å²) in [5.41, 5.74) is 1.60. The van der Waals surface area contributed by atoms with Gasteiger partial charge in [-0.05, 0) is 18.2 Å². The minimum atomic E-state index is -0.342. The Bertz CT molecular complexity index is 575. The molecule has 0 spiro atoms. The van der Waals surface area contributed by atoms with E-state index in [4.69, 9.17) is 4.74 Å². The number of halogens is 1. The number of para-hydroxylation sites is 1. The molecule has 2 heteroatoms.